The van der Waals surface area contributed by atoms with Crippen LogP contribution in [-0.4, -0.2) is 45.1 Å². The number of carbonyl (C=O) groups excluding carboxylic acids is 1. The van der Waals surface area contributed by atoms with Crippen molar-refractivity contribution < 1.29 is 31.6 Å². The van der Waals surface area contributed by atoms with Gasteiger partial charge in [-0.15, -0.1) is 0 Å². The summed E-state index contributed by atoms with van der Waals surface area (Å²) in [6.07, 6.45) is -3.28. The van der Waals surface area contributed by atoms with Gasteiger partial charge in [-0.3, -0.25) is 4.79 Å². The largest absolute Gasteiger partial charge is 0.472 e. The molecule has 0 spiro atoms. The molecule has 156 valence electrons. The highest BCUT2D eigenvalue weighted by molar-refractivity contribution is 5.94. The van der Waals surface area contributed by atoms with E-state index in [-0.39, 0.29) is 35.5 Å². The number of aromatic nitrogens is 3. The van der Waals surface area contributed by atoms with Gasteiger partial charge in [0.05, 0.1) is 12.1 Å². The van der Waals surface area contributed by atoms with E-state index in [9.17, 15) is 22.4 Å². The van der Waals surface area contributed by atoms with Crippen molar-refractivity contribution in [2.75, 3.05) is 13.1 Å². The number of ether oxygens (including phenoxy) is 1. The average Bonchev–Trinajstić information content (AvgIpc) is 3.38. The van der Waals surface area contributed by atoms with Gasteiger partial charge < -0.3 is 14.2 Å². The second-order valence-corrected chi connectivity index (χ2v) is 6.57. The maximum atomic E-state index is 13.8. The summed E-state index contributed by atoms with van der Waals surface area (Å²) in [5.74, 6) is -2.46. The van der Waals surface area contributed by atoms with Gasteiger partial charge in [0.25, 0.3) is 5.91 Å². The Morgan fingerprint density at radius 1 is 1.20 bits per heavy atom. The summed E-state index contributed by atoms with van der Waals surface area (Å²) in [7, 11) is 0. The van der Waals surface area contributed by atoms with E-state index in [1.165, 1.54) is 41.4 Å². The molecule has 1 aliphatic rings. The fourth-order valence-corrected chi connectivity index (χ4v) is 3.02. The lowest BCUT2D eigenvalue weighted by Crippen LogP contribution is -2.31. The molecule has 0 radical (unpaired) electrons. The number of amides is 1. The summed E-state index contributed by atoms with van der Waals surface area (Å²) in [6.45, 7) is 0.662. The minimum Gasteiger partial charge on any atom is -0.472 e. The molecule has 3 heterocycles. The molecular weight excluding hydrogens is 408 g/mol. The molecule has 2 aromatic heterocycles. The van der Waals surface area contributed by atoms with Crippen molar-refractivity contribution in [1.29, 1.82) is 0 Å². The Kier molecular flexibility index (Phi) is 5.10. The van der Waals surface area contributed by atoms with Crippen molar-refractivity contribution >= 4 is 5.91 Å². The number of benzene rings is 1. The van der Waals surface area contributed by atoms with Gasteiger partial charge in [0.2, 0.25) is 11.7 Å². The summed E-state index contributed by atoms with van der Waals surface area (Å²) in [6, 6.07) is 8.66. The molecule has 0 bridgehead atoms. The fraction of sp³-hybridized carbons (Fsp3) is 0.263. The molecular formula is C19H14F4N4O3. The molecule has 0 unspecified atom stereocenters. The number of alkyl halides is 3. The highest BCUT2D eigenvalue weighted by atomic mass is 19.4. The maximum Gasteiger partial charge on any atom is 0.471 e. The zero-order chi connectivity index (χ0) is 21.3. The van der Waals surface area contributed by atoms with Crippen LogP contribution in [0.4, 0.5) is 17.6 Å². The Morgan fingerprint density at radius 3 is 2.67 bits per heavy atom. The topological polar surface area (TPSA) is 81.4 Å². The average molecular weight is 422 g/mol. The molecule has 1 amide bonds. The molecule has 7 nitrogen and oxygen atoms in total. The third kappa shape index (κ3) is 4.09. The van der Waals surface area contributed by atoms with Crippen molar-refractivity contribution in [1.82, 2.24) is 20.0 Å². The first-order chi connectivity index (χ1) is 14.3. The summed E-state index contributed by atoms with van der Waals surface area (Å²) in [5, 5.41) is 3.29. The predicted octanol–water partition coefficient (Wildman–Crippen LogP) is 3.58. The normalized spacial score (nSPS) is 16.7. The maximum absolute atomic E-state index is 13.8. The van der Waals surface area contributed by atoms with Crippen LogP contribution in [0.1, 0.15) is 22.7 Å². The third-order valence-corrected chi connectivity index (χ3v) is 4.49. The lowest BCUT2D eigenvalue weighted by Gasteiger charge is -2.17. The molecule has 0 aliphatic carbocycles. The van der Waals surface area contributed by atoms with E-state index in [1.54, 1.807) is 6.07 Å². The Morgan fingerprint density at radius 2 is 2.00 bits per heavy atom. The zero-order valence-electron chi connectivity index (χ0n) is 15.3. The molecule has 30 heavy (non-hydrogen) atoms. The molecule has 1 aromatic carbocycles. The Labute approximate surface area is 167 Å². The third-order valence-electron chi connectivity index (χ3n) is 4.49. The summed E-state index contributed by atoms with van der Waals surface area (Å²) in [4.78, 5) is 21.3. The van der Waals surface area contributed by atoms with Crippen molar-refractivity contribution in [2.45, 2.75) is 18.7 Å². The minimum absolute atomic E-state index is 0.000957. The van der Waals surface area contributed by atoms with E-state index in [2.05, 4.69) is 19.6 Å². The number of nitrogens with zero attached hydrogens (tertiary/aromatic N) is 4. The second-order valence-electron chi connectivity index (χ2n) is 6.57. The van der Waals surface area contributed by atoms with E-state index in [1.807, 2.05) is 0 Å². The number of hydrogen-bond donors (Lipinski definition) is 0. The van der Waals surface area contributed by atoms with Gasteiger partial charge in [0, 0.05) is 30.8 Å². The quantitative estimate of drug-likeness (QED) is 0.598. The zero-order valence-corrected chi connectivity index (χ0v) is 15.3. The van der Waals surface area contributed by atoms with Crippen LogP contribution in [0.5, 0.6) is 5.88 Å². The van der Waals surface area contributed by atoms with Crippen molar-refractivity contribution in [2.24, 2.45) is 0 Å². The molecule has 1 aliphatic heterocycles. The second kappa shape index (κ2) is 7.73. The molecule has 0 N–H and O–H groups in total. The van der Waals surface area contributed by atoms with Crippen LogP contribution < -0.4 is 4.74 Å². The number of halogens is 4. The number of pyridine rings is 1. The summed E-state index contributed by atoms with van der Waals surface area (Å²) in [5.41, 5.74) is 0.225. The van der Waals surface area contributed by atoms with E-state index < -0.39 is 23.8 Å². The van der Waals surface area contributed by atoms with Gasteiger partial charge in [-0.1, -0.05) is 17.3 Å². The number of rotatable bonds is 4. The lowest BCUT2D eigenvalue weighted by molar-refractivity contribution is -0.159. The molecule has 0 saturated carbocycles. The van der Waals surface area contributed by atoms with Crippen molar-refractivity contribution in [3.05, 3.63) is 59.9 Å². The Bertz CT molecular complexity index is 1050. The van der Waals surface area contributed by atoms with E-state index in [0.29, 0.717) is 13.0 Å². The molecule has 1 fully saturated rings. The highest BCUT2D eigenvalue weighted by Crippen LogP contribution is 2.29. The Hall–Kier alpha value is -3.50. The summed E-state index contributed by atoms with van der Waals surface area (Å²) >= 11 is 0. The van der Waals surface area contributed by atoms with Gasteiger partial charge >= 0.3 is 12.1 Å². The van der Waals surface area contributed by atoms with Crippen LogP contribution >= 0.6 is 0 Å². The first-order valence-corrected chi connectivity index (χ1v) is 8.89. The number of carbonyl (C=O) groups is 1. The van der Waals surface area contributed by atoms with Crippen LogP contribution in [-0.2, 0) is 6.18 Å². The van der Waals surface area contributed by atoms with Gasteiger partial charge in [-0.05, 0) is 18.2 Å². The van der Waals surface area contributed by atoms with Crippen LogP contribution in [0.3, 0.4) is 0 Å². The minimum atomic E-state index is -4.73. The Balaban J connectivity index is 1.38. The van der Waals surface area contributed by atoms with Crippen LogP contribution in [0.25, 0.3) is 11.4 Å². The molecule has 1 saturated heterocycles. The van der Waals surface area contributed by atoms with Gasteiger partial charge in [-0.2, -0.15) is 18.2 Å². The number of hydrogen-bond acceptors (Lipinski definition) is 6. The highest BCUT2D eigenvalue weighted by Gasteiger charge is 2.38. The van der Waals surface area contributed by atoms with E-state index >= 15 is 0 Å². The fourth-order valence-electron chi connectivity index (χ4n) is 3.02. The van der Waals surface area contributed by atoms with Gasteiger partial charge in [-0.25, -0.2) is 9.37 Å². The molecule has 4 rings (SSSR count). The first-order valence-electron chi connectivity index (χ1n) is 8.89. The smallest absolute Gasteiger partial charge is 0.471 e. The van der Waals surface area contributed by atoms with Crippen LogP contribution in [0.2, 0.25) is 0 Å². The molecule has 1 atom stereocenters. The van der Waals surface area contributed by atoms with E-state index in [4.69, 9.17) is 4.74 Å². The SMILES string of the molecule is O=C(c1ccccc1F)N1CC[C@@H](Oc2ccc(-c3noc(C(F)(F)F)n3)cn2)C1. The monoisotopic (exact) mass is 422 g/mol. The van der Waals surface area contributed by atoms with Crippen LogP contribution in [0.15, 0.2) is 47.1 Å². The lowest BCUT2D eigenvalue weighted by atomic mass is 10.2. The van der Waals surface area contributed by atoms with Crippen molar-refractivity contribution in [3.63, 3.8) is 0 Å². The standard InChI is InChI=1S/C19H14F4N4O3/c20-14-4-2-1-3-13(14)17(28)27-8-7-12(10-27)29-15-6-5-11(9-24-15)16-25-18(30-26-16)19(21,22)23/h1-6,9,12H,7-8,10H2/t12-/m1/s1. The van der Waals surface area contributed by atoms with Gasteiger partial charge in [0.1, 0.15) is 11.9 Å². The van der Waals surface area contributed by atoms with Crippen LogP contribution in [0, 0.1) is 5.82 Å². The molecule has 3 aromatic rings. The molecule has 11 heteroatoms. The van der Waals surface area contributed by atoms with Crippen molar-refractivity contribution in [3.8, 4) is 17.3 Å². The number of likely N-dealkylation sites (tertiary alicyclic amines) is 1. The summed E-state index contributed by atoms with van der Waals surface area (Å²) < 4.78 is 61.4. The van der Waals surface area contributed by atoms with Gasteiger partial charge in [0.15, 0.2) is 0 Å². The van der Waals surface area contributed by atoms with E-state index in [0.717, 1.165) is 0 Å². The first kappa shape index (κ1) is 19.8. The predicted molar refractivity (Wildman–Crippen MR) is 93.9 cm³/mol.